The van der Waals surface area contributed by atoms with E-state index < -0.39 is 0 Å². The van der Waals surface area contributed by atoms with Crippen LogP contribution in [-0.2, 0) is 0 Å². The Bertz CT molecular complexity index is 164. The molecule has 2 nitrogen and oxygen atoms in total. The van der Waals surface area contributed by atoms with Crippen molar-refractivity contribution in [2.45, 2.75) is 52.0 Å². The van der Waals surface area contributed by atoms with E-state index >= 15 is 0 Å². The summed E-state index contributed by atoms with van der Waals surface area (Å²) in [7, 11) is 2.25. The molecule has 2 heteroatoms. The molecule has 1 aliphatic carbocycles. The van der Waals surface area contributed by atoms with Crippen LogP contribution in [0.4, 0.5) is 0 Å². The van der Waals surface area contributed by atoms with Crippen molar-refractivity contribution in [2.24, 2.45) is 17.6 Å². The van der Waals surface area contributed by atoms with Crippen molar-refractivity contribution in [2.75, 3.05) is 20.1 Å². The maximum absolute atomic E-state index is 5.93. The lowest BCUT2D eigenvalue weighted by atomic mass is 9.96. The molecule has 1 saturated carbocycles. The fraction of sp³-hybridized carbons (Fsp3) is 1.00. The highest BCUT2D eigenvalue weighted by Crippen LogP contribution is 2.29. The molecule has 90 valence electrons. The van der Waals surface area contributed by atoms with Gasteiger partial charge >= 0.3 is 0 Å². The lowest BCUT2D eigenvalue weighted by Crippen LogP contribution is -2.44. The average molecular weight is 212 g/mol. The third kappa shape index (κ3) is 3.76. The molecule has 0 aromatic heterocycles. The van der Waals surface area contributed by atoms with Crippen LogP contribution in [0.5, 0.6) is 0 Å². The van der Waals surface area contributed by atoms with Gasteiger partial charge in [-0.15, -0.1) is 0 Å². The Hall–Kier alpha value is -0.0800. The summed E-state index contributed by atoms with van der Waals surface area (Å²) >= 11 is 0. The molecule has 0 spiro atoms. The first-order valence-electron chi connectivity index (χ1n) is 6.59. The molecule has 15 heavy (non-hydrogen) atoms. The van der Waals surface area contributed by atoms with Crippen LogP contribution in [0.1, 0.15) is 46.0 Å². The Balaban J connectivity index is 2.41. The molecule has 2 N–H and O–H groups in total. The average Bonchev–Trinajstić information content (AvgIpc) is 2.72. The molecule has 2 unspecified atom stereocenters. The van der Waals surface area contributed by atoms with E-state index in [9.17, 15) is 0 Å². The molecular weight excluding hydrogens is 184 g/mol. The summed E-state index contributed by atoms with van der Waals surface area (Å²) in [5, 5.41) is 0. The van der Waals surface area contributed by atoms with Gasteiger partial charge in [-0.2, -0.15) is 0 Å². The predicted octanol–water partition coefficient (Wildman–Crippen LogP) is 2.48. The van der Waals surface area contributed by atoms with E-state index in [2.05, 4.69) is 25.8 Å². The zero-order valence-electron chi connectivity index (χ0n) is 10.7. The normalized spacial score (nSPS) is 22.2. The fourth-order valence-electron chi connectivity index (χ4n) is 2.83. The molecule has 1 aliphatic rings. The third-order valence-corrected chi connectivity index (χ3v) is 4.05. The highest BCUT2D eigenvalue weighted by Gasteiger charge is 2.27. The monoisotopic (exact) mass is 212 g/mol. The van der Waals surface area contributed by atoms with Gasteiger partial charge in [0, 0.05) is 19.1 Å². The minimum atomic E-state index is 0.626. The maximum Gasteiger partial charge on any atom is 0.0243 e. The minimum absolute atomic E-state index is 0.626. The van der Waals surface area contributed by atoms with Gasteiger partial charge < -0.3 is 10.6 Å². The molecule has 1 fully saturated rings. The van der Waals surface area contributed by atoms with E-state index in [0.717, 1.165) is 18.4 Å². The van der Waals surface area contributed by atoms with Crippen LogP contribution in [0, 0.1) is 11.8 Å². The van der Waals surface area contributed by atoms with Crippen LogP contribution in [0.2, 0.25) is 0 Å². The summed E-state index contributed by atoms with van der Waals surface area (Å²) in [6, 6.07) is 0.626. The van der Waals surface area contributed by atoms with Gasteiger partial charge in [-0.05, 0) is 31.7 Å². The van der Waals surface area contributed by atoms with E-state index in [1.54, 1.807) is 0 Å². The van der Waals surface area contributed by atoms with Gasteiger partial charge in [0.1, 0.15) is 0 Å². The van der Waals surface area contributed by atoms with Gasteiger partial charge in [-0.1, -0.05) is 33.1 Å². The van der Waals surface area contributed by atoms with E-state index in [4.69, 9.17) is 5.73 Å². The Morgan fingerprint density at radius 1 is 1.33 bits per heavy atom. The van der Waals surface area contributed by atoms with Gasteiger partial charge in [-0.25, -0.2) is 0 Å². The van der Waals surface area contributed by atoms with Crippen molar-refractivity contribution in [3.05, 3.63) is 0 Å². The molecule has 0 saturated heterocycles. The zero-order valence-corrected chi connectivity index (χ0v) is 10.7. The lowest BCUT2D eigenvalue weighted by Gasteiger charge is -2.33. The van der Waals surface area contributed by atoms with E-state index in [0.29, 0.717) is 6.04 Å². The quantitative estimate of drug-likeness (QED) is 0.733. The first-order valence-corrected chi connectivity index (χ1v) is 6.59. The molecule has 0 aliphatic heterocycles. The minimum Gasteiger partial charge on any atom is -0.329 e. The molecule has 0 amide bonds. The first kappa shape index (κ1) is 13.0. The number of likely N-dealkylation sites (N-methyl/N-ethyl adjacent to an activating group) is 1. The van der Waals surface area contributed by atoms with Crippen LogP contribution < -0.4 is 5.73 Å². The standard InChI is InChI=1S/C13H28N2/c1-4-11(2)10-15(3)13(9-14)12-7-5-6-8-12/h11-13H,4-10,14H2,1-3H3. The Labute approximate surface area is 95.2 Å². The predicted molar refractivity (Wildman–Crippen MR) is 66.9 cm³/mol. The summed E-state index contributed by atoms with van der Waals surface area (Å²) in [6.07, 6.45) is 6.89. The van der Waals surface area contributed by atoms with Crippen molar-refractivity contribution in [1.82, 2.24) is 4.90 Å². The van der Waals surface area contributed by atoms with Gasteiger partial charge in [0.25, 0.3) is 0 Å². The van der Waals surface area contributed by atoms with Gasteiger partial charge in [0.15, 0.2) is 0 Å². The van der Waals surface area contributed by atoms with E-state index in [-0.39, 0.29) is 0 Å². The Kier molecular flexibility index (Phi) is 5.62. The highest BCUT2D eigenvalue weighted by molar-refractivity contribution is 4.82. The van der Waals surface area contributed by atoms with Gasteiger partial charge in [0.05, 0.1) is 0 Å². The molecule has 0 bridgehead atoms. The van der Waals surface area contributed by atoms with Crippen LogP contribution in [0.15, 0.2) is 0 Å². The SMILES string of the molecule is CCC(C)CN(C)C(CN)C1CCCC1. The van der Waals surface area contributed by atoms with Crippen LogP contribution in [0.3, 0.4) is 0 Å². The van der Waals surface area contributed by atoms with Crippen molar-refractivity contribution in [3.8, 4) is 0 Å². The zero-order chi connectivity index (χ0) is 11.3. The maximum atomic E-state index is 5.93. The molecule has 2 atom stereocenters. The van der Waals surface area contributed by atoms with Crippen LogP contribution >= 0.6 is 0 Å². The fourth-order valence-corrected chi connectivity index (χ4v) is 2.83. The number of hydrogen-bond acceptors (Lipinski definition) is 2. The number of rotatable bonds is 6. The smallest absolute Gasteiger partial charge is 0.0243 e. The van der Waals surface area contributed by atoms with Crippen molar-refractivity contribution in [1.29, 1.82) is 0 Å². The molecular formula is C13H28N2. The topological polar surface area (TPSA) is 29.3 Å². The molecule has 0 aromatic carbocycles. The molecule has 0 heterocycles. The van der Waals surface area contributed by atoms with E-state index in [1.807, 2.05) is 0 Å². The van der Waals surface area contributed by atoms with Crippen molar-refractivity contribution >= 4 is 0 Å². The summed E-state index contributed by atoms with van der Waals surface area (Å²) in [5.41, 5.74) is 5.93. The second-order valence-corrected chi connectivity index (χ2v) is 5.30. The Morgan fingerprint density at radius 3 is 2.40 bits per heavy atom. The number of nitrogens with two attached hydrogens (primary N) is 1. The number of nitrogens with zero attached hydrogens (tertiary/aromatic N) is 1. The van der Waals surface area contributed by atoms with Gasteiger partial charge in [0.2, 0.25) is 0 Å². The van der Waals surface area contributed by atoms with Crippen LogP contribution in [-0.4, -0.2) is 31.1 Å². The summed E-state index contributed by atoms with van der Waals surface area (Å²) in [5.74, 6) is 1.66. The molecule has 0 radical (unpaired) electrons. The molecule has 0 aromatic rings. The largest absolute Gasteiger partial charge is 0.329 e. The summed E-state index contributed by atoms with van der Waals surface area (Å²) in [4.78, 5) is 2.50. The van der Waals surface area contributed by atoms with Gasteiger partial charge in [-0.3, -0.25) is 0 Å². The van der Waals surface area contributed by atoms with Crippen molar-refractivity contribution in [3.63, 3.8) is 0 Å². The second kappa shape index (κ2) is 6.49. The number of hydrogen-bond donors (Lipinski definition) is 1. The summed E-state index contributed by atoms with van der Waals surface area (Å²) in [6.45, 7) is 6.64. The van der Waals surface area contributed by atoms with E-state index in [1.165, 1.54) is 38.6 Å². The second-order valence-electron chi connectivity index (χ2n) is 5.30. The van der Waals surface area contributed by atoms with Crippen molar-refractivity contribution < 1.29 is 0 Å². The van der Waals surface area contributed by atoms with Crippen LogP contribution in [0.25, 0.3) is 0 Å². The molecule has 1 rings (SSSR count). The lowest BCUT2D eigenvalue weighted by molar-refractivity contribution is 0.160. The Morgan fingerprint density at radius 2 is 1.93 bits per heavy atom. The first-order chi connectivity index (χ1) is 7.19. The third-order valence-electron chi connectivity index (χ3n) is 4.05. The summed E-state index contributed by atoms with van der Waals surface area (Å²) < 4.78 is 0. The highest BCUT2D eigenvalue weighted by atomic mass is 15.1.